The maximum Gasteiger partial charge on any atom is 0.0900 e. The Hall–Kier alpha value is -1.19. The third-order valence-electron chi connectivity index (χ3n) is 3.46. The van der Waals surface area contributed by atoms with E-state index < -0.39 is 0 Å². The minimum absolute atomic E-state index is 0.363. The van der Waals surface area contributed by atoms with Gasteiger partial charge in [0.1, 0.15) is 0 Å². The van der Waals surface area contributed by atoms with E-state index in [4.69, 9.17) is 0 Å². The standard InChI is InChI=1S/C16H22N2S/c1-10-6-7-15(11(2)8-10)12(3)17-9-16-13(4)18-14(5)19-16/h6-8,12,17H,9H2,1-5H3. The fourth-order valence-corrected chi connectivity index (χ4v) is 3.29. The summed E-state index contributed by atoms with van der Waals surface area (Å²) in [5, 5.41) is 4.75. The van der Waals surface area contributed by atoms with Crippen LogP contribution in [-0.2, 0) is 6.54 Å². The number of thiazole rings is 1. The molecule has 0 fully saturated rings. The molecule has 19 heavy (non-hydrogen) atoms. The third-order valence-corrected chi connectivity index (χ3v) is 4.53. The van der Waals surface area contributed by atoms with Crippen molar-refractivity contribution in [3.8, 4) is 0 Å². The van der Waals surface area contributed by atoms with Crippen LogP contribution >= 0.6 is 11.3 Å². The minimum Gasteiger partial charge on any atom is -0.305 e. The molecule has 2 rings (SSSR count). The van der Waals surface area contributed by atoms with Crippen LogP contribution in [0.25, 0.3) is 0 Å². The lowest BCUT2D eigenvalue weighted by Crippen LogP contribution is -2.18. The van der Waals surface area contributed by atoms with Crippen LogP contribution in [0.1, 0.15) is 45.2 Å². The van der Waals surface area contributed by atoms with Gasteiger partial charge in [0.15, 0.2) is 0 Å². The summed E-state index contributed by atoms with van der Waals surface area (Å²) in [7, 11) is 0. The van der Waals surface area contributed by atoms with Gasteiger partial charge in [-0.1, -0.05) is 23.8 Å². The molecule has 0 amide bonds. The highest BCUT2D eigenvalue weighted by Gasteiger charge is 2.10. The zero-order chi connectivity index (χ0) is 14.0. The monoisotopic (exact) mass is 274 g/mol. The molecule has 1 unspecified atom stereocenters. The lowest BCUT2D eigenvalue weighted by atomic mass is 10.0. The molecule has 2 nitrogen and oxygen atoms in total. The van der Waals surface area contributed by atoms with Crippen molar-refractivity contribution in [2.45, 2.75) is 47.2 Å². The number of nitrogens with zero attached hydrogens (tertiary/aromatic N) is 1. The first-order valence-corrected chi connectivity index (χ1v) is 7.52. The zero-order valence-corrected chi connectivity index (χ0v) is 13.2. The van der Waals surface area contributed by atoms with E-state index >= 15 is 0 Å². The van der Waals surface area contributed by atoms with E-state index in [2.05, 4.69) is 63.1 Å². The molecule has 0 spiro atoms. The van der Waals surface area contributed by atoms with E-state index in [9.17, 15) is 0 Å². The van der Waals surface area contributed by atoms with Gasteiger partial charge in [-0.05, 0) is 45.7 Å². The number of aryl methyl sites for hydroxylation is 4. The van der Waals surface area contributed by atoms with Gasteiger partial charge in [-0.3, -0.25) is 0 Å². The Labute approximate surface area is 119 Å². The maximum absolute atomic E-state index is 4.47. The van der Waals surface area contributed by atoms with Gasteiger partial charge in [0.05, 0.1) is 10.7 Å². The average molecular weight is 274 g/mol. The second-order valence-electron chi connectivity index (χ2n) is 5.20. The predicted octanol–water partition coefficient (Wildman–Crippen LogP) is 4.23. The fraction of sp³-hybridized carbons (Fsp3) is 0.438. The first-order chi connectivity index (χ1) is 8.97. The van der Waals surface area contributed by atoms with Crippen molar-refractivity contribution in [1.82, 2.24) is 10.3 Å². The second kappa shape index (κ2) is 5.85. The van der Waals surface area contributed by atoms with E-state index in [1.165, 1.54) is 21.6 Å². The Morgan fingerprint density at radius 1 is 1.21 bits per heavy atom. The quantitative estimate of drug-likeness (QED) is 0.902. The van der Waals surface area contributed by atoms with E-state index in [-0.39, 0.29) is 0 Å². The van der Waals surface area contributed by atoms with Gasteiger partial charge in [0.25, 0.3) is 0 Å². The molecule has 0 aliphatic heterocycles. The normalized spacial score (nSPS) is 12.7. The van der Waals surface area contributed by atoms with Crippen molar-refractivity contribution in [3.05, 3.63) is 50.5 Å². The van der Waals surface area contributed by atoms with E-state index in [0.717, 1.165) is 17.2 Å². The van der Waals surface area contributed by atoms with Gasteiger partial charge >= 0.3 is 0 Å². The van der Waals surface area contributed by atoms with Gasteiger partial charge in [0, 0.05) is 17.5 Å². The zero-order valence-electron chi connectivity index (χ0n) is 12.4. The molecule has 1 aromatic carbocycles. The maximum atomic E-state index is 4.47. The van der Waals surface area contributed by atoms with Crippen LogP contribution < -0.4 is 5.32 Å². The second-order valence-corrected chi connectivity index (χ2v) is 6.49. The molecule has 3 heteroatoms. The summed E-state index contributed by atoms with van der Waals surface area (Å²) in [5.74, 6) is 0. The summed E-state index contributed by atoms with van der Waals surface area (Å²) in [4.78, 5) is 5.81. The first kappa shape index (κ1) is 14.2. The SMILES string of the molecule is Cc1ccc(C(C)NCc2sc(C)nc2C)c(C)c1. The molecule has 2 aromatic rings. The molecule has 0 radical (unpaired) electrons. The smallest absolute Gasteiger partial charge is 0.0900 e. The fourth-order valence-electron chi connectivity index (χ4n) is 2.40. The Kier molecular flexibility index (Phi) is 4.38. The highest BCUT2D eigenvalue weighted by atomic mass is 32.1. The van der Waals surface area contributed by atoms with Crippen molar-refractivity contribution in [3.63, 3.8) is 0 Å². The number of rotatable bonds is 4. The number of hydrogen-bond acceptors (Lipinski definition) is 3. The summed E-state index contributed by atoms with van der Waals surface area (Å²) >= 11 is 1.78. The summed E-state index contributed by atoms with van der Waals surface area (Å²) in [5.41, 5.74) is 5.21. The van der Waals surface area contributed by atoms with Crippen LogP contribution in [0, 0.1) is 27.7 Å². The lowest BCUT2D eigenvalue weighted by Gasteiger charge is -2.16. The summed E-state index contributed by atoms with van der Waals surface area (Å²) in [6.07, 6.45) is 0. The molecule has 0 aliphatic rings. The molecule has 0 saturated carbocycles. The van der Waals surface area contributed by atoms with Crippen molar-refractivity contribution in [1.29, 1.82) is 0 Å². The number of hydrogen-bond donors (Lipinski definition) is 1. The Morgan fingerprint density at radius 2 is 1.95 bits per heavy atom. The van der Waals surface area contributed by atoms with Crippen LogP contribution in [0.5, 0.6) is 0 Å². The topological polar surface area (TPSA) is 24.9 Å². The van der Waals surface area contributed by atoms with Crippen LogP contribution in [-0.4, -0.2) is 4.98 Å². The molecule has 1 aromatic heterocycles. The molecular weight excluding hydrogens is 252 g/mol. The van der Waals surface area contributed by atoms with Crippen molar-refractivity contribution >= 4 is 11.3 Å². The van der Waals surface area contributed by atoms with Gasteiger partial charge in [-0.2, -0.15) is 0 Å². The lowest BCUT2D eigenvalue weighted by molar-refractivity contribution is 0.574. The molecule has 0 bridgehead atoms. The molecule has 0 aliphatic carbocycles. The summed E-state index contributed by atoms with van der Waals surface area (Å²) in [6.45, 7) is 11.6. The van der Waals surface area contributed by atoms with Crippen LogP contribution in [0.2, 0.25) is 0 Å². The number of nitrogens with one attached hydrogen (secondary N) is 1. The number of aromatic nitrogens is 1. The van der Waals surface area contributed by atoms with E-state index in [1.807, 2.05) is 0 Å². The van der Waals surface area contributed by atoms with Crippen LogP contribution in [0.4, 0.5) is 0 Å². The van der Waals surface area contributed by atoms with Crippen molar-refractivity contribution in [2.75, 3.05) is 0 Å². The van der Waals surface area contributed by atoms with Gasteiger partial charge in [0.2, 0.25) is 0 Å². The Bertz CT molecular complexity index is 572. The van der Waals surface area contributed by atoms with Crippen LogP contribution in [0.3, 0.4) is 0 Å². The van der Waals surface area contributed by atoms with Gasteiger partial charge in [-0.25, -0.2) is 4.98 Å². The average Bonchev–Trinajstić information content (AvgIpc) is 2.65. The van der Waals surface area contributed by atoms with Crippen molar-refractivity contribution < 1.29 is 0 Å². The first-order valence-electron chi connectivity index (χ1n) is 6.71. The van der Waals surface area contributed by atoms with Crippen molar-refractivity contribution in [2.24, 2.45) is 0 Å². The third kappa shape index (κ3) is 3.43. The Morgan fingerprint density at radius 3 is 2.53 bits per heavy atom. The van der Waals surface area contributed by atoms with E-state index in [0.29, 0.717) is 6.04 Å². The predicted molar refractivity (Wildman–Crippen MR) is 82.8 cm³/mol. The molecule has 1 atom stereocenters. The number of benzene rings is 1. The molecule has 0 saturated heterocycles. The summed E-state index contributed by atoms with van der Waals surface area (Å²) < 4.78 is 0. The highest BCUT2D eigenvalue weighted by Crippen LogP contribution is 2.21. The Balaban J connectivity index is 2.05. The van der Waals surface area contributed by atoms with E-state index in [1.54, 1.807) is 11.3 Å². The highest BCUT2D eigenvalue weighted by molar-refractivity contribution is 7.11. The van der Waals surface area contributed by atoms with Crippen LogP contribution in [0.15, 0.2) is 18.2 Å². The molecule has 1 N–H and O–H groups in total. The molecule has 1 heterocycles. The largest absolute Gasteiger partial charge is 0.305 e. The van der Waals surface area contributed by atoms with Gasteiger partial charge in [-0.15, -0.1) is 11.3 Å². The molecule has 102 valence electrons. The van der Waals surface area contributed by atoms with Gasteiger partial charge < -0.3 is 5.32 Å². The molecular formula is C16H22N2S. The summed E-state index contributed by atoms with van der Waals surface area (Å²) in [6, 6.07) is 7.02. The minimum atomic E-state index is 0.363.